The summed E-state index contributed by atoms with van der Waals surface area (Å²) in [6.45, 7) is -0.0786. The third kappa shape index (κ3) is 5.62. The van der Waals surface area contributed by atoms with Gasteiger partial charge in [0.15, 0.2) is 6.61 Å². The quantitative estimate of drug-likeness (QED) is 0.406. The van der Waals surface area contributed by atoms with Gasteiger partial charge in [-0.2, -0.15) is 0 Å². The zero-order valence-electron chi connectivity index (χ0n) is 17.3. The van der Waals surface area contributed by atoms with Crippen molar-refractivity contribution in [2.75, 3.05) is 6.61 Å². The summed E-state index contributed by atoms with van der Waals surface area (Å²) < 4.78 is 11.1. The van der Waals surface area contributed by atoms with E-state index in [1.165, 1.54) is 0 Å². The Morgan fingerprint density at radius 3 is 2.50 bits per heavy atom. The molecule has 3 aromatic carbocycles. The average Bonchev–Trinajstić information content (AvgIpc) is 2.82. The summed E-state index contributed by atoms with van der Waals surface area (Å²) in [6.07, 6.45) is -0.382. The van der Waals surface area contributed by atoms with Gasteiger partial charge in [-0.05, 0) is 47.5 Å². The second kappa shape index (κ2) is 9.94. The van der Waals surface area contributed by atoms with Crippen molar-refractivity contribution in [1.82, 2.24) is 4.98 Å². The molecule has 1 heterocycles. The van der Waals surface area contributed by atoms with Crippen LogP contribution in [0.4, 0.5) is 0 Å². The fourth-order valence-electron chi connectivity index (χ4n) is 3.41. The standard InChI is InChI=1S/C26H23NO5/c28-25(14-18-5-3-8-22(13-18)32-17-26(29)30)20-7-4-9-23(15-20)31-16-21-12-11-19-6-1-2-10-24(19)27-21/h1-13,15,25,28H,14,16-17H2,(H,29,30). The summed E-state index contributed by atoms with van der Waals surface area (Å²) in [5, 5.41) is 20.5. The van der Waals surface area contributed by atoms with E-state index < -0.39 is 18.7 Å². The van der Waals surface area contributed by atoms with Crippen molar-refractivity contribution in [3.63, 3.8) is 0 Å². The van der Waals surface area contributed by atoms with Gasteiger partial charge in [-0.1, -0.05) is 48.5 Å². The molecule has 0 aliphatic heterocycles. The molecule has 0 aliphatic carbocycles. The Labute approximate surface area is 185 Å². The molecule has 32 heavy (non-hydrogen) atoms. The molecule has 1 unspecified atom stereocenters. The summed E-state index contributed by atoms with van der Waals surface area (Å²) in [4.78, 5) is 15.3. The molecule has 162 valence electrons. The number of aliphatic hydroxyl groups excluding tert-OH is 1. The van der Waals surface area contributed by atoms with E-state index in [0.717, 1.165) is 27.7 Å². The third-order valence-electron chi connectivity index (χ3n) is 4.98. The van der Waals surface area contributed by atoms with Crippen LogP contribution in [0, 0.1) is 0 Å². The Morgan fingerprint density at radius 1 is 0.875 bits per heavy atom. The maximum Gasteiger partial charge on any atom is 0.341 e. The number of carbonyl (C=O) groups is 1. The molecule has 1 aromatic heterocycles. The van der Waals surface area contributed by atoms with Crippen molar-refractivity contribution < 1.29 is 24.5 Å². The summed E-state index contributed by atoms with van der Waals surface area (Å²) in [5.74, 6) is 0.0678. The summed E-state index contributed by atoms with van der Waals surface area (Å²) in [6, 6.07) is 26.3. The van der Waals surface area contributed by atoms with Crippen molar-refractivity contribution in [3.8, 4) is 11.5 Å². The topological polar surface area (TPSA) is 88.9 Å². The average molecular weight is 429 g/mol. The highest BCUT2D eigenvalue weighted by Gasteiger charge is 2.11. The van der Waals surface area contributed by atoms with Crippen LogP contribution < -0.4 is 9.47 Å². The van der Waals surface area contributed by atoms with Crippen LogP contribution in [0.5, 0.6) is 11.5 Å². The number of rotatable bonds is 9. The SMILES string of the molecule is O=C(O)COc1cccc(CC(O)c2cccc(OCc3ccc4ccccc4n3)c2)c1. The van der Waals surface area contributed by atoms with E-state index in [0.29, 0.717) is 24.5 Å². The van der Waals surface area contributed by atoms with Gasteiger partial charge in [0.25, 0.3) is 0 Å². The summed E-state index contributed by atoms with van der Waals surface area (Å²) >= 11 is 0. The lowest BCUT2D eigenvalue weighted by atomic mass is 10.0. The van der Waals surface area contributed by atoms with Crippen LogP contribution in [0.3, 0.4) is 0 Å². The molecule has 0 spiro atoms. The predicted molar refractivity (Wildman–Crippen MR) is 121 cm³/mol. The molecule has 6 nitrogen and oxygen atoms in total. The first-order valence-corrected chi connectivity index (χ1v) is 10.3. The Bertz CT molecular complexity index is 1220. The fourth-order valence-corrected chi connectivity index (χ4v) is 3.41. The lowest BCUT2D eigenvalue weighted by molar-refractivity contribution is -0.139. The first kappa shape index (κ1) is 21.3. The highest BCUT2D eigenvalue weighted by molar-refractivity contribution is 5.78. The number of hydrogen-bond donors (Lipinski definition) is 2. The van der Waals surface area contributed by atoms with Crippen LogP contribution in [0.1, 0.15) is 22.9 Å². The predicted octanol–water partition coefficient (Wildman–Crippen LogP) is 4.55. The van der Waals surface area contributed by atoms with Gasteiger partial charge in [0.05, 0.1) is 17.3 Å². The second-order valence-corrected chi connectivity index (χ2v) is 7.41. The van der Waals surface area contributed by atoms with E-state index in [4.69, 9.17) is 14.6 Å². The number of carboxylic acids is 1. The number of para-hydroxylation sites is 1. The second-order valence-electron chi connectivity index (χ2n) is 7.41. The van der Waals surface area contributed by atoms with E-state index in [1.54, 1.807) is 18.2 Å². The van der Waals surface area contributed by atoms with Crippen LogP contribution in [0.15, 0.2) is 84.9 Å². The van der Waals surface area contributed by atoms with Gasteiger partial charge in [0.2, 0.25) is 0 Å². The molecule has 2 N–H and O–H groups in total. The number of hydrogen-bond acceptors (Lipinski definition) is 5. The number of aliphatic hydroxyl groups is 1. The minimum atomic E-state index is -1.04. The molecule has 4 aromatic rings. The molecule has 0 bridgehead atoms. The normalized spacial score (nSPS) is 11.8. The minimum Gasteiger partial charge on any atom is -0.487 e. The zero-order valence-corrected chi connectivity index (χ0v) is 17.3. The van der Waals surface area contributed by atoms with Crippen molar-refractivity contribution in [2.24, 2.45) is 0 Å². The number of pyridine rings is 1. The maximum absolute atomic E-state index is 10.7. The van der Waals surface area contributed by atoms with E-state index in [9.17, 15) is 9.90 Å². The number of aliphatic carboxylic acids is 1. The smallest absolute Gasteiger partial charge is 0.341 e. The van der Waals surface area contributed by atoms with Crippen molar-refractivity contribution >= 4 is 16.9 Å². The molecule has 0 fully saturated rings. The van der Waals surface area contributed by atoms with Crippen LogP contribution in [0.25, 0.3) is 10.9 Å². The first-order chi connectivity index (χ1) is 15.6. The van der Waals surface area contributed by atoms with E-state index in [-0.39, 0.29) is 0 Å². The maximum atomic E-state index is 10.7. The first-order valence-electron chi connectivity index (χ1n) is 10.3. The molecule has 0 amide bonds. The lowest BCUT2D eigenvalue weighted by Gasteiger charge is -2.14. The summed E-state index contributed by atoms with van der Waals surface area (Å²) in [7, 11) is 0. The Hall–Kier alpha value is -3.90. The van der Waals surface area contributed by atoms with Gasteiger partial charge in [-0.15, -0.1) is 0 Å². The van der Waals surface area contributed by atoms with Gasteiger partial charge < -0.3 is 19.7 Å². The van der Waals surface area contributed by atoms with Crippen LogP contribution in [-0.2, 0) is 17.8 Å². The van der Waals surface area contributed by atoms with Crippen molar-refractivity contribution in [1.29, 1.82) is 0 Å². The number of nitrogens with zero attached hydrogens (tertiary/aromatic N) is 1. The molecule has 6 heteroatoms. The number of carboxylic acid groups (broad SMARTS) is 1. The van der Waals surface area contributed by atoms with Crippen LogP contribution in [-0.4, -0.2) is 27.8 Å². The number of fused-ring (bicyclic) bond motifs is 1. The third-order valence-corrected chi connectivity index (χ3v) is 4.98. The number of aromatic nitrogens is 1. The monoisotopic (exact) mass is 429 g/mol. The van der Waals surface area contributed by atoms with Gasteiger partial charge in [-0.25, -0.2) is 9.78 Å². The van der Waals surface area contributed by atoms with Gasteiger partial charge in [0, 0.05) is 11.8 Å². The van der Waals surface area contributed by atoms with Gasteiger partial charge in [-0.3, -0.25) is 0 Å². The molecule has 0 radical (unpaired) electrons. The Morgan fingerprint density at radius 2 is 1.66 bits per heavy atom. The molecule has 0 saturated heterocycles. The van der Waals surface area contributed by atoms with Crippen LogP contribution >= 0.6 is 0 Å². The Kier molecular flexibility index (Phi) is 6.63. The van der Waals surface area contributed by atoms with Crippen LogP contribution in [0.2, 0.25) is 0 Å². The fraction of sp³-hybridized carbons (Fsp3) is 0.154. The van der Waals surface area contributed by atoms with E-state index in [2.05, 4.69) is 4.98 Å². The van der Waals surface area contributed by atoms with E-state index >= 15 is 0 Å². The molecule has 0 aliphatic rings. The highest BCUT2D eigenvalue weighted by atomic mass is 16.5. The van der Waals surface area contributed by atoms with E-state index in [1.807, 2.05) is 66.7 Å². The van der Waals surface area contributed by atoms with Gasteiger partial charge in [0.1, 0.15) is 18.1 Å². The highest BCUT2D eigenvalue weighted by Crippen LogP contribution is 2.25. The molecule has 4 rings (SSSR count). The Balaban J connectivity index is 1.39. The minimum absolute atomic E-state index is 0.327. The zero-order chi connectivity index (χ0) is 22.3. The lowest BCUT2D eigenvalue weighted by Crippen LogP contribution is -2.09. The molecular weight excluding hydrogens is 406 g/mol. The number of ether oxygens (including phenoxy) is 2. The molecule has 1 atom stereocenters. The van der Waals surface area contributed by atoms with Crippen molar-refractivity contribution in [2.45, 2.75) is 19.1 Å². The number of benzene rings is 3. The molecule has 0 saturated carbocycles. The largest absolute Gasteiger partial charge is 0.487 e. The summed E-state index contributed by atoms with van der Waals surface area (Å²) in [5.41, 5.74) is 3.32. The molecular formula is C26H23NO5. The van der Waals surface area contributed by atoms with Crippen molar-refractivity contribution in [3.05, 3.63) is 102 Å². The van der Waals surface area contributed by atoms with Gasteiger partial charge >= 0.3 is 5.97 Å².